The van der Waals surface area contributed by atoms with Gasteiger partial charge in [-0.15, -0.1) is 11.3 Å². The molecule has 0 bridgehead atoms. The summed E-state index contributed by atoms with van der Waals surface area (Å²) in [5.74, 6) is 0.342. The average Bonchev–Trinajstić information content (AvgIpc) is 3.57. The molecule has 0 aliphatic carbocycles. The van der Waals surface area contributed by atoms with Crippen molar-refractivity contribution in [2.24, 2.45) is 5.92 Å². The fourth-order valence-corrected chi connectivity index (χ4v) is 5.95. The number of likely N-dealkylation sites (tertiary alicyclic amines) is 2. The Morgan fingerprint density at radius 3 is 2.21 bits per heavy atom. The quantitative estimate of drug-likeness (QED) is 0.692. The fourth-order valence-electron chi connectivity index (χ4n) is 5.13. The molecule has 3 aliphatic heterocycles. The molecule has 4 heterocycles. The van der Waals surface area contributed by atoms with Crippen molar-refractivity contribution in [3.8, 4) is 10.6 Å². The maximum Gasteiger partial charge on any atom is 0.319 e. The topological polar surface area (TPSA) is 60.0 Å². The second-order valence-corrected chi connectivity index (χ2v) is 10.2. The Balaban J connectivity index is 1.07. The monoisotopic (exact) mass is 467 g/mol. The second kappa shape index (κ2) is 10.2. The van der Waals surface area contributed by atoms with Crippen LogP contribution < -0.4 is 0 Å². The summed E-state index contributed by atoms with van der Waals surface area (Å²) >= 11 is 1.69. The molecule has 3 saturated heterocycles. The van der Waals surface area contributed by atoms with Crippen LogP contribution >= 0.6 is 11.3 Å². The van der Waals surface area contributed by atoms with Gasteiger partial charge < -0.3 is 14.7 Å². The lowest BCUT2D eigenvalue weighted by atomic mass is 9.95. The molecule has 1 aromatic carbocycles. The van der Waals surface area contributed by atoms with Crippen LogP contribution in [0, 0.1) is 5.92 Å². The first kappa shape index (κ1) is 22.3. The number of hydrogen-bond acceptors (Lipinski definition) is 5. The van der Waals surface area contributed by atoms with E-state index in [9.17, 15) is 9.59 Å². The van der Waals surface area contributed by atoms with Crippen LogP contribution in [0.5, 0.6) is 0 Å². The van der Waals surface area contributed by atoms with E-state index in [-0.39, 0.29) is 17.9 Å². The Kier molecular flexibility index (Phi) is 6.92. The molecule has 5 rings (SSSR count). The average molecular weight is 468 g/mol. The van der Waals surface area contributed by atoms with Gasteiger partial charge in [0, 0.05) is 75.8 Å². The van der Waals surface area contributed by atoms with E-state index in [2.05, 4.69) is 22.4 Å². The van der Waals surface area contributed by atoms with E-state index >= 15 is 0 Å². The number of benzene rings is 1. The van der Waals surface area contributed by atoms with Crippen LogP contribution in [0.2, 0.25) is 0 Å². The van der Waals surface area contributed by atoms with E-state index in [0.29, 0.717) is 13.1 Å². The van der Waals surface area contributed by atoms with Gasteiger partial charge in [0.05, 0.1) is 5.69 Å². The minimum atomic E-state index is 0.0612. The van der Waals surface area contributed by atoms with Gasteiger partial charge in [-0.25, -0.2) is 9.78 Å². The molecule has 1 aromatic heterocycles. The zero-order valence-corrected chi connectivity index (χ0v) is 20.0. The van der Waals surface area contributed by atoms with E-state index in [1.807, 2.05) is 32.9 Å². The van der Waals surface area contributed by atoms with E-state index in [1.165, 1.54) is 0 Å². The number of carbonyl (C=O) groups is 2. The zero-order valence-electron chi connectivity index (χ0n) is 19.2. The SMILES string of the molecule is O=C(C1CCN(C(=O)N2CCCC2)CC1)N1CCN(Cc2csc(-c3ccccc3)n2)CC1. The van der Waals surface area contributed by atoms with Crippen LogP contribution in [-0.2, 0) is 11.3 Å². The lowest BCUT2D eigenvalue weighted by Crippen LogP contribution is -2.52. The number of carbonyl (C=O) groups excluding carboxylic acids is 2. The van der Waals surface area contributed by atoms with Crippen LogP contribution in [0.1, 0.15) is 31.4 Å². The fraction of sp³-hybridized carbons (Fsp3) is 0.560. The van der Waals surface area contributed by atoms with Gasteiger partial charge in [-0.1, -0.05) is 30.3 Å². The van der Waals surface area contributed by atoms with E-state index in [0.717, 1.165) is 87.8 Å². The largest absolute Gasteiger partial charge is 0.340 e. The van der Waals surface area contributed by atoms with Crippen molar-refractivity contribution in [1.82, 2.24) is 24.6 Å². The lowest BCUT2D eigenvalue weighted by molar-refractivity contribution is -0.138. The number of amides is 3. The summed E-state index contributed by atoms with van der Waals surface area (Å²) < 4.78 is 0. The highest BCUT2D eigenvalue weighted by Gasteiger charge is 2.33. The molecule has 0 spiro atoms. The Hall–Kier alpha value is -2.45. The van der Waals surface area contributed by atoms with Gasteiger partial charge in [0.25, 0.3) is 0 Å². The first-order chi connectivity index (χ1) is 16.2. The Labute approximate surface area is 200 Å². The van der Waals surface area contributed by atoms with Crippen molar-refractivity contribution in [1.29, 1.82) is 0 Å². The number of rotatable bonds is 4. The predicted octanol–water partition coefficient (Wildman–Crippen LogP) is 3.38. The van der Waals surface area contributed by atoms with Crippen molar-refractivity contribution in [2.45, 2.75) is 32.2 Å². The summed E-state index contributed by atoms with van der Waals surface area (Å²) in [4.78, 5) is 38.8. The molecule has 0 atom stereocenters. The zero-order chi connectivity index (χ0) is 22.6. The number of thiazole rings is 1. The molecule has 3 amide bonds. The van der Waals surface area contributed by atoms with Crippen molar-refractivity contribution in [3.05, 3.63) is 41.4 Å². The third-order valence-electron chi connectivity index (χ3n) is 7.13. The molecule has 0 radical (unpaired) electrons. The van der Waals surface area contributed by atoms with Crippen LogP contribution in [0.15, 0.2) is 35.7 Å². The highest BCUT2D eigenvalue weighted by molar-refractivity contribution is 7.13. The minimum absolute atomic E-state index is 0.0612. The van der Waals surface area contributed by atoms with Crippen molar-refractivity contribution >= 4 is 23.3 Å². The third-order valence-corrected chi connectivity index (χ3v) is 8.07. The maximum atomic E-state index is 13.1. The minimum Gasteiger partial charge on any atom is -0.340 e. The molecule has 0 N–H and O–H groups in total. The highest BCUT2D eigenvalue weighted by Crippen LogP contribution is 2.25. The van der Waals surface area contributed by atoms with Crippen LogP contribution in [0.4, 0.5) is 4.79 Å². The molecular formula is C25H33N5O2S. The second-order valence-electron chi connectivity index (χ2n) is 9.35. The normalized spacial score (nSPS) is 20.4. The van der Waals surface area contributed by atoms with E-state index in [1.54, 1.807) is 11.3 Å². The van der Waals surface area contributed by atoms with Gasteiger partial charge >= 0.3 is 6.03 Å². The molecule has 2 aromatic rings. The molecule has 3 fully saturated rings. The van der Waals surface area contributed by atoms with E-state index in [4.69, 9.17) is 4.98 Å². The molecular weight excluding hydrogens is 434 g/mol. The molecule has 3 aliphatic rings. The van der Waals surface area contributed by atoms with Gasteiger partial charge in [-0.2, -0.15) is 0 Å². The molecule has 0 unspecified atom stereocenters. The van der Waals surface area contributed by atoms with Crippen molar-refractivity contribution in [2.75, 3.05) is 52.4 Å². The number of piperazine rings is 1. The van der Waals surface area contributed by atoms with Crippen LogP contribution in [0.25, 0.3) is 10.6 Å². The first-order valence-corrected chi connectivity index (χ1v) is 13.1. The van der Waals surface area contributed by atoms with Crippen LogP contribution in [-0.4, -0.2) is 88.9 Å². The van der Waals surface area contributed by atoms with Crippen LogP contribution in [0.3, 0.4) is 0 Å². The molecule has 7 nitrogen and oxygen atoms in total. The Morgan fingerprint density at radius 2 is 1.52 bits per heavy atom. The summed E-state index contributed by atoms with van der Waals surface area (Å²) in [5, 5.41) is 3.21. The Morgan fingerprint density at radius 1 is 0.848 bits per heavy atom. The molecule has 33 heavy (non-hydrogen) atoms. The van der Waals surface area contributed by atoms with E-state index < -0.39 is 0 Å². The summed E-state index contributed by atoms with van der Waals surface area (Å²) in [6.07, 6.45) is 3.81. The lowest BCUT2D eigenvalue weighted by Gasteiger charge is -2.39. The van der Waals surface area contributed by atoms with Gasteiger partial charge in [0.15, 0.2) is 0 Å². The van der Waals surface area contributed by atoms with Gasteiger partial charge in [0.2, 0.25) is 5.91 Å². The summed E-state index contributed by atoms with van der Waals surface area (Å²) in [6.45, 7) is 7.35. The number of urea groups is 1. The predicted molar refractivity (Wildman–Crippen MR) is 130 cm³/mol. The summed E-state index contributed by atoms with van der Waals surface area (Å²) in [6, 6.07) is 10.5. The number of hydrogen-bond donors (Lipinski definition) is 0. The number of aromatic nitrogens is 1. The first-order valence-electron chi connectivity index (χ1n) is 12.2. The number of piperidine rings is 1. The summed E-state index contributed by atoms with van der Waals surface area (Å²) in [7, 11) is 0. The summed E-state index contributed by atoms with van der Waals surface area (Å²) in [5.41, 5.74) is 2.27. The van der Waals surface area contributed by atoms with Gasteiger partial charge in [-0.3, -0.25) is 9.69 Å². The van der Waals surface area contributed by atoms with Gasteiger partial charge in [-0.05, 0) is 25.7 Å². The highest BCUT2D eigenvalue weighted by atomic mass is 32.1. The van der Waals surface area contributed by atoms with Gasteiger partial charge in [0.1, 0.15) is 5.01 Å². The molecule has 8 heteroatoms. The molecule has 0 saturated carbocycles. The standard InChI is InChI=1S/C25H33N5O2S/c31-24(21-8-12-30(13-9-21)25(32)29-10-4-5-11-29)28-16-14-27(15-17-28)18-22-19-33-23(26-22)20-6-2-1-3-7-20/h1-3,6-7,19,21H,4-5,8-18H2. The Bertz CT molecular complexity index is 943. The van der Waals surface area contributed by atoms with Crippen molar-refractivity contribution < 1.29 is 9.59 Å². The maximum absolute atomic E-state index is 13.1. The number of nitrogens with zero attached hydrogens (tertiary/aromatic N) is 5. The third kappa shape index (κ3) is 5.22. The molecule has 176 valence electrons. The smallest absolute Gasteiger partial charge is 0.319 e. The van der Waals surface area contributed by atoms with Crippen molar-refractivity contribution in [3.63, 3.8) is 0 Å².